The second-order valence-corrected chi connectivity index (χ2v) is 10.00. The number of nitrogens with one attached hydrogen (secondary N) is 2. The van der Waals surface area contributed by atoms with Crippen molar-refractivity contribution in [3.63, 3.8) is 0 Å². The average Bonchev–Trinajstić information content (AvgIpc) is 2.89. The van der Waals surface area contributed by atoms with Gasteiger partial charge >= 0.3 is 6.03 Å². The van der Waals surface area contributed by atoms with E-state index >= 15 is 0 Å². The zero-order valence-corrected chi connectivity index (χ0v) is 24.0. The summed E-state index contributed by atoms with van der Waals surface area (Å²) in [6, 6.07) is 15.4. The molecule has 1 heterocycles. The first-order valence-electron chi connectivity index (χ1n) is 11.5. The lowest BCUT2D eigenvalue weighted by molar-refractivity contribution is -0.122. The fraction of sp³-hybridized carbons (Fsp3) is 0.111. The van der Waals surface area contributed by atoms with E-state index in [1.807, 2.05) is 22.6 Å². The van der Waals surface area contributed by atoms with E-state index in [1.54, 1.807) is 61.5 Å². The molecule has 2 N–H and O–H groups in total. The van der Waals surface area contributed by atoms with Gasteiger partial charge in [-0.05, 0) is 83.6 Å². The number of rotatable bonds is 8. The molecule has 0 unspecified atom stereocenters. The van der Waals surface area contributed by atoms with Crippen LogP contribution in [0.5, 0.6) is 11.5 Å². The summed E-state index contributed by atoms with van der Waals surface area (Å²) in [7, 11) is 0. The van der Waals surface area contributed by atoms with Crippen LogP contribution < -0.4 is 25.0 Å². The van der Waals surface area contributed by atoms with Crippen LogP contribution in [0.2, 0.25) is 10.0 Å². The molecule has 0 bridgehead atoms. The third-order valence-electron chi connectivity index (χ3n) is 5.31. The van der Waals surface area contributed by atoms with Crippen molar-refractivity contribution in [2.45, 2.75) is 6.92 Å². The number of hydrogen-bond acceptors (Lipinski definition) is 6. The van der Waals surface area contributed by atoms with Crippen LogP contribution in [0.4, 0.5) is 16.2 Å². The molecular formula is C27H20Cl2IN3O6. The quantitative estimate of drug-likeness (QED) is 0.180. The van der Waals surface area contributed by atoms with E-state index in [0.29, 0.717) is 42.1 Å². The molecule has 0 atom stereocenters. The highest BCUT2D eigenvalue weighted by Crippen LogP contribution is 2.35. The third-order valence-corrected chi connectivity index (χ3v) is 6.85. The number of ether oxygens (including phenoxy) is 2. The molecule has 1 aliphatic heterocycles. The second-order valence-electron chi connectivity index (χ2n) is 8.02. The fourth-order valence-corrected chi connectivity index (χ4v) is 4.70. The standard InChI is InChI=1S/C27H20Cl2IN3O6/c1-2-38-22-12-15(10-18-25(35)32-27(37)33(26(18)36)17-6-4-3-5-7-17)11-21(30)24(22)39-14-23(34)31-16-8-9-19(28)20(29)13-16/h3-13H,2,14H2,1H3,(H,31,34)(H,32,35,37)/b18-10-. The number of benzene rings is 3. The van der Waals surface area contributed by atoms with Crippen molar-refractivity contribution in [1.82, 2.24) is 5.32 Å². The number of carbonyl (C=O) groups excluding carboxylic acids is 4. The van der Waals surface area contributed by atoms with Crippen molar-refractivity contribution < 1.29 is 28.7 Å². The Morgan fingerprint density at radius 2 is 1.77 bits per heavy atom. The van der Waals surface area contributed by atoms with Crippen LogP contribution in [0.25, 0.3) is 6.08 Å². The summed E-state index contributed by atoms with van der Waals surface area (Å²) in [6.07, 6.45) is 1.37. The Balaban J connectivity index is 1.56. The molecule has 1 fully saturated rings. The Bertz CT molecular complexity index is 1500. The SMILES string of the molecule is CCOc1cc(/C=C2/C(=O)NC(=O)N(c3ccccc3)C2=O)cc(I)c1OCC(=O)Nc1ccc(Cl)c(Cl)c1. The maximum Gasteiger partial charge on any atom is 0.335 e. The van der Waals surface area contributed by atoms with E-state index < -0.39 is 23.8 Å². The van der Waals surface area contributed by atoms with Crippen LogP contribution in [0.1, 0.15) is 12.5 Å². The first kappa shape index (κ1) is 28.4. The normalized spacial score (nSPS) is 14.3. The summed E-state index contributed by atoms with van der Waals surface area (Å²) < 4.78 is 12.0. The van der Waals surface area contributed by atoms with E-state index in [1.165, 1.54) is 12.1 Å². The molecule has 1 aliphatic rings. The number of barbiturate groups is 1. The van der Waals surface area contributed by atoms with Crippen LogP contribution >= 0.6 is 45.8 Å². The Kier molecular flexibility index (Phi) is 9.10. The molecule has 4 rings (SSSR count). The molecule has 0 radical (unpaired) electrons. The molecule has 3 aromatic carbocycles. The summed E-state index contributed by atoms with van der Waals surface area (Å²) in [5.74, 6) is -1.40. The van der Waals surface area contributed by atoms with Crippen molar-refractivity contribution in [2.75, 3.05) is 23.4 Å². The Labute approximate surface area is 247 Å². The predicted molar refractivity (Wildman–Crippen MR) is 156 cm³/mol. The van der Waals surface area contributed by atoms with Gasteiger partial charge in [0.1, 0.15) is 5.57 Å². The maximum absolute atomic E-state index is 13.1. The fourth-order valence-electron chi connectivity index (χ4n) is 3.62. The zero-order valence-electron chi connectivity index (χ0n) is 20.3. The van der Waals surface area contributed by atoms with Gasteiger partial charge in [-0.3, -0.25) is 19.7 Å². The number of nitrogens with zero attached hydrogens (tertiary/aromatic N) is 1. The van der Waals surface area contributed by atoms with Gasteiger partial charge in [0, 0.05) is 5.69 Å². The number of anilines is 2. The Hall–Kier alpha value is -3.61. The molecule has 0 aliphatic carbocycles. The van der Waals surface area contributed by atoms with Crippen molar-refractivity contribution >= 4 is 87.0 Å². The molecule has 9 nitrogen and oxygen atoms in total. The molecular weight excluding hydrogens is 660 g/mol. The van der Waals surface area contributed by atoms with Gasteiger partial charge in [-0.1, -0.05) is 41.4 Å². The van der Waals surface area contributed by atoms with Crippen molar-refractivity contribution in [2.24, 2.45) is 0 Å². The van der Waals surface area contributed by atoms with Gasteiger partial charge < -0.3 is 14.8 Å². The summed E-state index contributed by atoms with van der Waals surface area (Å²) in [5, 5.41) is 5.53. The second kappa shape index (κ2) is 12.5. The highest BCUT2D eigenvalue weighted by atomic mass is 127. The van der Waals surface area contributed by atoms with E-state index in [2.05, 4.69) is 10.6 Å². The molecule has 0 aromatic heterocycles. The van der Waals surface area contributed by atoms with E-state index in [4.69, 9.17) is 32.7 Å². The van der Waals surface area contributed by atoms with Gasteiger partial charge in [0.25, 0.3) is 17.7 Å². The average molecular weight is 680 g/mol. The molecule has 1 saturated heterocycles. The summed E-state index contributed by atoms with van der Waals surface area (Å²) in [6.45, 7) is 1.74. The van der Waals surface area contributed by atoms with Gasteiger partial charge in [-0.2, -0.15) is 0 Å². The first-order chi connectivity index (χ1) is 18.7. The third kappa shape index (κ3) is 6.70. The number of halogens is 3. The van der Waals surface area contributed by atoms with Crippen LogP contribution in [-0.2, 0) is 14.4 Å². The summed E-state index contributed by atoms with van der Waals surface area (Å²) in [4.78, 5) is 51.4. The van der Waals surface area contributed by atoms with E-state index in [-0.39, 0.29) is 18.8 Å². The zero-order chi connectivity index (χ0) is 28.1. The lowest BCUT2D eigenvalue weighted by atomic mass is 10.1. The number of urea groups is 1. The van der Waals surface area contributed by atoms with E-state index in [9.17, 15) is 19.2 Å². The number of hydrogen-bond donors (Lipinski definition) is 2. The molecule has 3 aromatic rings. The van der Waals surface area contributed by atoms with Gasteiger partial charge in [-0.15, -0.1) is 0 Å². The monoisotopic (exact) mass is 679 g/mol. The number of para-hydroxylation sites is 1. The van der Waals surface area contributed by atoms with Crippen LogP contribution in [0.3, 0.4) is 0 Å². The predicted octanol–water partition coefficient (Wildman–Crippen LogP) is 5.68. The summed E-state index contributed by atoms with van der Waals surface area (Å²) >= 11 is 13.9. The lowest BCUT2D eigenvalue weighted by Gasteiger charge is -2.26. The van der Waals surface area contributed by atoms with Gasteiger partial charge in [0.15, 0.2) is 18.1 Å². The Morgan fingerprint density at radius 1 is 1.03 bits per heavy atom. The molecule has 12 heteroatoms. The van der Waals surface area contributed by atoms with Crippen molar-refractivity contribution in [1.29, 1.82) is 0 Å². The topological polar surface area (TPSA) is 114 Å². The van der Waals surface area contributed by atoms with Crippen LogP contribution in [0, 0.1) is 3.57 Å². The van der Waals surface area contributed by atoms with E-state index in [0.717, 1.165) is 4.90 Å². The minimum absolute atomic E-state index is 0.230. The smallest absolute Gasteiger partial charge is 0.335 e. The maximum atomic E-state index is 13.1. The molecule has 0 saturated carbocycles. The molecule has 5 amide bonds. The Morgan fingerprint density at radius 3 is 2.46 bits per heavy atom. The highest BCUT2D eigenvalue weighted by Gasteiger charge is 2.36. The molecule has 200 valence electrons. The first-order valence-corrected chi connectivity index (χ1v) is 13.3. The van der Waals surface area contributed by atoms with Crippen LogP contribution in [0.15, 0.2) is 66.2 Å². The lowest BCUT2D eigenvalue weighted by Crippen LogP contribution is -2.54. The van der Waals surface area contributed by atoms with Gasteiger partial charge in [0.2, 0.25) is 0 Å². The van der Waals surface area contributed by atoms with Crippen molar-refractivity contribution in [3.05, 3.63) is 85.4 Å². The summed E-state index contributed by atoms with van der Waals surface area (Å²) in [5.41, 5.74) is 1.01. The highest BCUT2D eigenvalue weighted by molar-refractivity contribution is 14.1. The minimum Gasteiger partial charge on any atom is -0.490 e. The largest absolute Gasteiger partial charge is 0.490 e. The number of imide groups is 2. The van der Waals surface area contributed by atoms with Crippen LogP contribution in [-0.4, -0.2) is 37.0 Å². The number of amides is 5. The minimum atomic E-state index is -0.833. The molecule has 0 spiro atoms. The van der Waals surface area contributed by atoms with Gasteiger partial charge in [-0.25, -0.2) is 9.69 Å². The van der Waals surface area contributed by atoms with Gasteiger partial charge in [0.05, 0.1) is 25.9 Å². The number of carbonyl (C=O) groups is 4. The van der Waals surface area contributed by atoms with Crippen molar-refractivity contribution in [3.8, 4) is 11.5 Å². The molecule has 39 heavy (non-hydrogen) atoms.